The van der Waals surface area contributed by atoms with Gasteiger partial charge in [0.05, 0.1) is 21.8 Å². The molecular weight excluding hydrogens is 318 g/mol. The summed E-state index contributed by atoms with van der Waals surface area (Å²) in [4.78, 5) is 30.7. The largest absolute Gasteiger partial charge is 0.494 e. The van der Waals surface area contributed by atoms with Crippen LogP contribution in [0.5, 0.6) is 5.88 Å². The number of aromatic nitrogens is 3. The Bertz CT molecular complexity index is 1460. The molecule has 5 rings (SSSR count). The van der Waals surface area contributed by atoms with Crippen LogP contribution in [-0.4, -0.2) is 19.2 Å². The van der Waals surface area contributed by atoms with Gasteiger partial charge in [-0.15, -0.1) is 0 Å². The Labute approximate surface area is 140 Å². The minimum absolute atomic E-state index is 0.134. The van der Waals surface area contributed by atoms with Crippen molar-refractivity contribution in [2.45, 2.75) is 0 Å². The molecule has 0 atom stereocenters. The SMILES string of the molecule is Cn1ccc2c(c1O)c(=O)c1c3c2nc2ccccc2c3c(=O)n1C. The zero-order chi connectivity index (χ0) is 17.5. The molecule has 0 aliphatic carbocycles. The molecule has 3 heterocycles. The number of aryl methyl sites for hydroxylation is 2. The minimum atomic E-state index is -0.358. The maximum atomic E-state index is 13.1. The molecule has 0 bridgehead atoms. The molecule has 0 unspecified atom stereocenters. The monoisotopic (exact) mass is 331 g/mol. The zero-order valence-electron chi connectivity index (χ0n) is 13.6. The van der Waals surface area contributed by atoms with E-state index in [1.54, 1.807) is 26.4 Å². The Hall–Kier alpha value is -3.41. The number of hydrogen-bond acceptors (Lipinski definition) is 4. The van der Waals surface area contributed by atoms with Crippen LogP contribution in [0.4, 0.5) is 0 Å². The first-order valence-electron chi connectivity index (χ1n) is 7.85. The molecule has 0 aliphatic rings. The lowest BCUT2D eigenvalue weighted by atomic mass is 10.0. The molecule has 0 aliphatic heterocycles. The van der Waals surface area contributed by atoms with Crippen LogP contribution in [0.3, 0.4) is 0 Å². The fourth-order valence-electron chi connectivity index (χ4n) is 3.74. The minimum Gasteiger partial charge on any atom is -0.494 e. The molecule has 1 N–H and O–H groups in total. The van der Waals surface area contributed by atoms with Crippen LogP contribution >= 0.6 is 0 Å². The van der Waals surface area contributed by atoms with Gasteiger partial charge in [-0.1, -0.05) is 18.2 Å². The van der Waals surface area contributed by atoms with Crippen molar-refractivity contribution in [1.82, 2.24) is 14.1 Å². The molecule has 0 saturated carbocycles. The Morgan fingerprint density at radius 2 is 1.72 bits per heavy atom. The topological polar surface area (TPSA) is 77.1 Å². The van der Waals surface area contributed by atoms with Gasteiger partial charge in [0.25, 0.3) is 5.56 Å². The molecule has 5 aromatic rings. The summed E-state index contributed by atoms with van der Waals surface area (Å²) in [5.74, 6) is -0.134. The molecule has 0 spiro atoms. The van der Waals surface area contributed by atoms with Gasteiger partial charge < -0.3 is 14.2 Å². The number of aromatic hydroxyl groups is 1. The van der Waals surface area contributed by atoms with Crippen molar-refractivity contribution in [3.8, 4) is 5.88 Å². The molecule has 0 amide bonds. The number of pyridine rings is 2. The van der Waals surface area contributed by atoms with Crippen molar-refractivity contribution in [2.24, 2.45) is 14.1 Å². The highest BCUT2D eigenvalue weighted by Gasteiger charge is 2.23. The maximum absolute atomic E-state index is 13.1. The second-order valence-corrected chi connectivity index (χ2v) is 6.31. The van der Waals surface area contributed by atoms with Gasteiger partial charge in [0.2, 0.25) is 11.3 Å². The third kappa shape index (κ3) is 1.51. The smallest absolute Gasteiger partial charge is 0.259 e. The van der Waals surface area contributed by atoms with Crippen LogP contribution in [0.1, 0.15) is 0 Å². The van der Waals surface area contributed by atoms with E-state index >= 15 is 0 Å². The van der Waals surface area contributed by atoms with Gasteiger partial charge in [0.1, 0.15) is 5.52 Å². The first-order valence-corrected chi connectivity index (χ1v) is 7.85. The number of fused-ring (bicyclic) bond motifs is 4. The van der Waals surface area contributed by atoms with Crippen LogP contribution in [0.15, 0.2) is 46.1 Å². The fourth-order valence-corrected chi connectivity index (χ4v) is 3.74. The second-order valence-electron chi connectivity index (χ2n) is 6.31. The molecule has 0 fully saturated rings. The number of para-hydroxylation sites is 1. The predicted octanol–water partition coefficient (Wildman–Crippen LogP) is 2.24. The molecule has 3 aromatic heterocycles. The molecule has 0 saturated heterocycles. The Balaban J connectivity index is 2.31. The van der Waals surface area contributed by atoms with E-state index in [-0.39, 0.29) is 27.8 Å². The zero-order valence-corrected chi connectivity index (χ0v) is 13.6. The molecule has 0 radical (unpaired) electrons. The summed E-state index contributed by atoms with van der Waals surface area (Å²) in [5.41, 5.74) is 0.944. The van der Waals surface area contributed by atoms with Crippen molar-refractivity contribution in [2.75, 3.05) is 0 Å². The van der Waals surface area contributed by atoms with E-state index in [2.05, 4.69) is 0 Å². The van der Waals surface area contributed by atoms with E-state index in [1.807, 2.05) is 24.3 Å². The standard InChI is InChI=1S/C19H13N3O3/c1-21-8-7-10-13(18(21)24)17(23)16-14-12(19(25)22(16)2)9-5-3-4-6-11(9)20-15(10)14/h3-8,24H,1-2H3. The van der Waals surface area contributed by atoms with Crippen molar-refractivity contribution in [3.05, 3.63) is 57.1 Å². The van der Waals surface area contributed by atoms with Crippen molar-refractivity contribution in [1.29, 1.82) is 0 Å². The molecule has 25 heavy (non-hydrogen) atoms. The Morgan fingerprint density at radius 1 is 0.960 bits per heavy atom. The van der Waals surface area contributed by atoms with E-state index in [1.165, 1.54) is 9.13 Å². The number of rotatable bonds is 0. The van der Waals surface area contributed by atoms with E-state index < -0.39 is 0 Å². The normalized spacial score (nSPS) is 12.1. The molecule has 2 aromatic carbocycles. The van der Waals surface area contributed by atoms with Crippen LogP contribution in [0.2, 0.25) is 0 Å². The van der Waals surface area contributed by atoms with Gasteiger partial charge in [0.15, 0.2) is 0 Å². The van der Waals surface area contributed by atoms with E-state index in [4.69, 9.17) is 4.98 Å². The van der Waals surface area contributed by atoms with E-state index in [0.717, 1.165) is 5.39 Å². The van der Waals surface area contributed by atoms with Crippen molar-refractivity contribution in [3.63, 3.8) is 0 Å². The summed E-state index contributed by atoms with van der Waals surface area (Å²) >= 11 is 0. The lowest BCUT2D eigenvalue weighted by Gasteiger charge is -2.10. The fraction of sp³-hybridized carbons (Fsp3) is 0.105. The van der Waals surface area contributed by atoms with E-state index in [0.29, 0.717) is 27.2 Å². The predicted molar refractivity (Wildman–Crippen MR) is 97.6 cm³/mol. The van der Waals surface area contributed by atoms with Gasteiger partial charge in [-0.2, -0.15) is 0 Å². The molecule has 6 nitrogen and oxygen atoms in total. The maximum Gasteiger partial charge on any atom is 0.259 e. The van der Waals surface area contributed by atoms with Gasteiger partial charge in [-0.25, -0.2) is 4.98 Å². The Morgan fingerprint density at radius 3 is 2.52 bits per heavy atom. The van der Waals surface area contributed by atoms with Crippen molar-refractivity contribution >= 4 is 43.5 Å². The average molecular weight is 331 g/mol. The highest BCUT2D eigenvalue weighted by Crippen LogP contribution is 2.34. The summed E-state index contributed by atoms with van der Waals surface area (Å²) in [6.07, 6.45) is 1.68. The average Bonchev–Trinajstić information content (AvgIpc) is 2.88. The summed E-state index contributed by atoms with van der Waals surface area (Å²) in [6.45, 7) is 0. The van der Waals surface area contributed by atoms with Crippen LogP contribution < -0.4 is 11.0 Å². The Kier molecular flexibility index (Phi) is 2.44. The van der Waals surface area contributed by atoms with Gasteiger partial charge in [-0.3, -0.25) is 9.59 Å². The van der Waals surface area contributed by atoms with Crippen LogP contribution in [-0.2, 0) is 14.1 Å². The quantitative estimate of drug-likeness (QED) is 0.349. The van der Waals surface area contributed by atoms with Gasteiger partial charge in [0, 0.05) is 36.5 Å². The summed E-state index contributed by atoms with van der Waals surface area (Å²) in [7, 11) is 3.24. The first-order chi connectivity index (χ1) is 12.0. The van der Waals surface area contributed by atoms with Crippen molar-refractivity contribution < 1.29 is 5.11 Å². The van der Waals surface area contributed by atoms with E-state index in [9.17, 15) is 14.7 Å². The summed E-state index contributed by atoms with van der Waals surface area (Å²) in [6, 6.07) is 9.15. The second kappa shape index (κ2) is 4.36. The van der Waals surface area contributed by atoms with Gasteiger partial charge in [-0.05, 0) is 12.1 Å². The molecular formula is C19H13N3O3. The first kappa shape index (κ1) is 14.0. The highest BCUT2D eigenvalue weighted by molar-refractivity contribution is 6.25. The third-order valence-electron chi connectivity index (χ3n) is 4.97. The summed E-state index contributed by atoms with van der Waals surface area (Å²) < 4.78 is 2.83. The van der Waals surface area contributed by atoms with Crippen LogP contribution in [0, 0.1) is 0 Å². The summed E-state index contributed by atoms with van der Waals surface area (Å²) in [5, 5.41) is 13.0. The van der Waals surface area contributed by atoms with Crippen LogP contribution in [0.25, 0.3) is 43.5 Å². The lowest BCUT2D eigenvalue weighted by molar-refractivity contribution is 0.434. The lowest BCUT2D eigenvalue weighted by Crippen LogP contribution is -2.15. The molecule has 6 heteroatoms. The third-order valence-corrected chi connectivity index (χ3v) is 4.97. The number of nitrogens with zero attached hydrogens (tertiary/aromatic N) is 3. The number of benzene rings is 2. The highest BCUT2D eigenvalue weighted by atomic mass is 16.3. The number of hydrogen-bond donors (Lipinski definition) is 1. The van der Waals surface area contributed by atoms with Gasteiger partial charge >= 0.3 is 0 Å². The molecule has 122 valence electrons.